The average molecular weight is 558 g/mol. The van der Waals surface area contributed by atoms with E-state index in [4.69, 9.17) is 27.9 Å². The number of aliphatic carboxylic acids is 1. The molecule has 2 saturated carbocycles. The smallest absolute Gasteiger partial charge is 0.408 e. The molecule has 2 fully saturated rings. The summed E-state index contributed by atoms with van der Waals surface area (Å²) in [6.45, 7) is 0.243. The molecule has 0 saturated heterocycles. The Morgan fingerprint density at radius 1 is 0.842 bits per heavy atom. The van der Waals surface area contributed by atoms with Crippen LogP contribution in [0.25, 0.3) is 0 Å². The van der Waals surface area contributed by atoms with Gasteiger partial charge in [-0.25, -0.2) is 24.7 Å². The monoisotopic (exact) mass is 557 g/mol. The number of carbonyl (C=O) groups is 2. The first-order chi connectivity index (χ1) is 18.3. The fourth-order valence-corrected chi connectivity index (χ4v) is 5.43. The lowest BCUT2D eigenvalue weighted by molar-refractivity contribution is -0.143. The highest BCUT2D eigenvalue weighted by Gasteiger charge is 2.44. The van der Waals surface area contributed by atoms with Gasteiger partial charge in [-0.15, -0.1) is 0 Å². The van der Waals surface area contributed by atoms with Crippen molar-refractivity contribution in [1.29, 1.82) is 0 Å². The third-order valence-electron chi connectivity index (χ3n) is 7.11. The Morgan fingerprint density at radius 3 is 1.97 bits per heavy atom. The van der Waals surface area contributed by atoms with Crippen LogP contribution in [0.1, 0.15) is 68.3 Å². The second kappa shape index (κ2) is 12.5. The van der Waals surface area contributed by atoms with Crippen LogP contribution in [0.5, 0.6) is 0 Å². The number of carboxylic acid groups (broad SMARTS) is 1. The van der Waals surface area contributed by atoms with Crippen molar-refractivity contribution < 1.29 is 19.4 Å². The molecule has 11 heteroatoms. The van der Waals surface area contributed by atoms with Gasteiger partial charge in [-0.3, -0.25) is 4.79 Å². The molecule has 0 spiro atoms. The number of nitrogens with zero attached hydrogens (tertiary/aromatic N) is 4. The molecule has 0 bridgehead atoms. The zero-order valence-corrected chi connectivity index (χ0v) is 22.3. The van der Waals surface area contributed by atoms with Crippen molar-refractivity contribution in [3.63, 3.8) is 0 Å². The molecule has 3 aromatic rings. The largest absolute Gasteiger partial charge is 0.481 e. The molecule has 9 nitrogen and oxygen atoms in total. The molecule has 2 heterocycles. The van der Waals surface area contributed by atoms with Gasteiger partial charge in [-0.05, 0) is 66.6 Å². The van der Waals surface area contributed by atoms with Gasteiger partial charge in [-0.2, -0.15) is 0 Å². The fourth-order valence-electron chi connectivity index (χ4n) is 5.14. The van der Waals surface area contributed by atoms with Gasteiger partial charge >= 0.3 is 12.1 Å². The van der Waals surface area contributed by atoms with Crippen LogP contribution in [0.15, 0.2) is 54.9 Å². The maximum absolute atomic E-state index is 12.2. The number of alkyl carbamates (subject to hydrolysis) is 1. The van der Waals surface area contributed by atoms with E-state index in [9.17, 15) is 14.7 Å². The standard InChI is InChI=1S/C17H18ClN3O2.C10H11ClN2O2/c18-15-19-11-8-14(20-15)17(9-4-5-10-17)21-16(22)23-12-13-6-2-1-3-7-13;11-9-12-6-3-7(13-9)10(8(14)15)4-1-2-5-10/h1-3,6-8,11H,4-5,9-10,12H2,(H,21,22);3,6H,1-2,4-5H2,(H,14,15). The first-order valence-electron chi connectivity index (χ1n) is 12.5. The fraction of sp³-hybridized carbons (Fsp3) is 0.407. The van der Waals surface area contributed by atoms with Crippen LogP contribution in [0.2, 0.25) is 10.6 Å². The summed E-state index contributed by atoms with van der Waals surface area (Å²) in [5.74, 6) is -0.810. The summed E-state index contributed by atoms with van der Waals surface area (Å²) >= 11 is 11.6. The summed E-state index contributed by atoms with van der Waals surface area (Å²) < 4.78 is 5.34. The minimum absolute atomic E-state index is 0.111. The van der Waals surface area contributed by atoms with Crippen LogP contribution in [0, 0.1) is 0 Å². The van der Waals surface area contributed by atoms with Crippen LogP contribution in [-0.4, -0.2) is 37.1 Å². The second-order valence-electron chi connectivity index (χ2n) is 9.49. The third-order valence-corrected chi connectivity index (χ3v) is 7.47. The van der Waals surface area contributed by atoms with E-state index in [0.717, 1.165) is 49.8 Å². The number of aromatic nitrogens is 4. The summed E-state index contributed by atoms with van der Waals surface area (Å²) in [6, 6.07) is 13.0. The number of nitrogens with one attached hydrogen (secondary N) is 1. The minimum atomic E-state index is -0.841. The lowest BCUT2D eigenvalue weighted by atomic mass is 9.82. The van der Waals surface area contributed by atoms with Gasteiger partial charge in [0.2, 0.25) is 10.6 Å². The van der Waals surface area contributed by atoms with Crippen molar-refractivity contribution in [2.24, 2.45) is 0 Å². The quantitative estimate of drug-likeness (QED) is 0.361. The Kier molecular flexibility index (Phi) is 9.12. The van der Waals surface area contributed by atoms with Gasteiger partial charge in [-0.1, -0.05) is 56.0 Å². The number of carboxylic acids is 1. The Bertz CT molecular complexity index is 1250. The molecular weight excluding hydrogens is 529 g/mol. The highest BCUT2D eigenvalue weighted by Crippen LogP contribution is 2.40. The normalized spacial score (nSPS) is 17.2. The third kappa shape index (κ3) is 6.57. The molecule has 38 heavy (non-hydrogen) atoms. The van der Waals surface area contributed by atoms with E-state index in [1.165, 1.54) is 6.20 Å². The Hall–Kier alpha value is -3.30. The molecule has 0 aliphatic heterocycles. The van der Waals surface area contributed by atoms with Crippen molar-refractivity contribution in [2.75, 3.05) is 0 Å². The number of rotatable bonds is 6. The van der Waals surface area contributed by atoms with E-state index in [0.29, 0.717) is 18.5 Å². The van der Waals surface area contributed by atoms with E-state index in [1.807, 2.05) is 30.3 Å². The first kappa shape index (κ1) is 27.7. The zero-order chi connectivity index (χ0) is 27.0. The zero-order valence-electron chi connectivity index (χ0n) is 20.8. The highest BCUT2D eigenvalue weighted by molar-refractivity contribution is 6.28. The molecule has 2 N–H and O–H groups in total. The van der Waals surface area contributed by atoms with Crippen molar-refractivity contribution in [3.8, 4) is 0 Å². The van der Waals surface area contributed by atoms with Gasteiger partial charge in [0, 0.05) is 12.4 Å². The van der Waals surface area contributed by atoms with Gasteiger partial charge in [0.25, 0.3) is 0 Å². The van der Waals surface area contributed by atoms with Gasteiger partial charge in [0.15, 0.2) is 0 Å². The summed E-state index contributed by atoms with van der Waals surface area (Å²) in [6.07, 6.45) is 9.50. The van der Waals surface area contributed by atoms with Crippen LogP contribution in [0.3, 0.4) is 0 Å². The van der Waals surface area contributed by atoms with Gasteiger partial charge in [0.1, 0.15) is 12.0 Å². The van der Waals surface area contributed by atoms with E-state index in [1.54, 1.807) is 18.3 Å². The van der Waals surface area contributed by atoms with Crippen LogP contribution in [0.4, 0.5) is 4.79 Å². The summed E-state index contributed by atoms with van der Waals surface area (Å²) in [5.41, 5.74) is 0.875. The molecule has 5 rings (SSSR count). The van der Waals surface area contributed by atoms with Gasteiger partial charge < -0.3 is 15.2 Å². The summed E-state index contributed by atoms with van der Waals surface area (Å²) in [4.78, 5) is 39.5. The average Bonchev–Trinajstić information content (AvgIpc) is 3.60. The maximum atomic E-state index is 12.2. The van der Waals surface area contributed by atoms with E-state index >= 15 is 0 Å². The van der Waals surface area contributed by atoms with E-state index in [-0.39, 0.29) is 17.2 Å². The van der Waals surface area contributed by atoms with Crippen molar-refractivity contribution >= 4 is 35.3 Å². The number of ether oxygens (including phenoxy) is 1. The number of halogens is 2. The van der Waals surface area contributed by atoms with Crippen molar-refractivity contribution in [3.05, 3.63) is 82.4 Å². The molecule has 200 valence electrons. The minimum Gasteiger partial charge on any atom is -0.481 e. The summed E-state index contributed by atoms with van der Waals surface area (Å²) in [5, 5.41) is 12.6. The number of hydrogen-bond acceptors (Lipinski definition) is 7. The van der Waals surface area contributed by atoms with Gasteiger partial charge in [0.05, 0.1) is 16.9 Å². The molecule has 0 radical (unpaired) electrons. The van der Waals surface area contributed by atoms with Crippen LogP contribution < -0.4 is 5.32 Å². The molecular formula is C27H29Cl2N5O4. The van der Waals surface area contributed by atoms with Crippen LogP contribution in [-0.2, 0) is 27.1 Å². The summed E-state index contributed by atoms with van der Waals surface area (Å²) in [7, 11) is 0. The van der Waals surface area contributed by atoms with E-state index in [2.05, 4.69) is 25.3 Å². The first-order valence-corrected chi connectivity index (χ1v) is 13.3. The number of hydrogen-bond donors (Lipinski definition) is 2. The molecule has 2 aliphatic carbocycles. The molecule has 0 unspecified atom stereocenters. The molecule has 2 aromatic heterocycles. The number of amides is 1. The second-order valence-corrected chi connectivity index (χ2v) is 10.2. The SMILES string of the molecule is O=C(NC1(c2ccnc(Cl)n2)CCCC1)OCc1ccccc1.O=C(O)C1(c2ccnc(Cl)n2)CCCC1. The Morgan fingerprint density at radius 2 is 1.39 bits per heavy atom. The lowest BCUT2D eigenvalue weighted by Crippen LogP contribution is -2.44. The molecule has 2 aliphatic rings. The van der Waals surface area contributed by atoms with Crippen molar-refractivity contribution in [2.45, 2.75) is 68.9 Å². The number of carbonyl (C=O) groups excluding carboxylic acids is 1. The topological polar surface area (TPSA) is 127 Å². The number of benzene rings is 1. The van der Waals surface area contributed by atoms with E-state index < -0.39 is 23.0 Å². The lowest BCUT2D eigenvalue weighted by Gasteiger charge is -2.29. The molecule has 1 aromatic carbocycles. The Balaban J connectivity index is 0.000000194. The predicted octanol–water partition coefficient (Wildman–Crippen LogP) is 5.85. The van der Waals surface area contributed by atoms with Crippen LogP contribution >= 0.6 is 23.2 Å². The highest BCUT2D eigenvalue weighted by atomic mass is 35.5. The van der Waals surface area contributed by atoms with Crippen molar-refractivity contribution in [1.82, 2.24) is 25.3 Å². The molecule has 1 amide bonds. The predicted molar refractivity (Wildman–Crippen MR) is 142 cm³/mol. The Labute approximate surface area is 231 Å². The molecule has 0 atom stereocenters. The maximum Gasteiger partial charge on any atom is 0.408 e.